The first-order valence-corrected chi connectivity index (χ1v) is 3.47. The van der Waals surface area contributed by atoms with Gasteiger partial charge in [-0.2, -0.15) is 0 Å². The highest BCUT2D eigenvalue weighted by Crippen LogP contribution is 2.07. The number of hydrogen-bond donors (Lipinski definition) is 1. The molecular formula is C9H8O5. The standard InChI is InChI=1S/C6H4O3.C3H4O2/c1-2-4-3-5(7)9-6(4)8;1-2-3(4)5/h2-3H,1H2;2H,1H2,(H,4,5). The summed E-state index contributed by atoms with van der Waals surface area (Å²) in [5, 5.41) is 7.60. The fraction of sp³-hybridized carbons (Fsp3) is 0. The molecule has 0 aliphatic carbocycles. The molecule has 0 amide bonds. The normalized spacial score (nSPS) is 13.3. The Morgan fingerprint density at radius 1 is 1.43 bits per heavy atom. The van der Waals surface area contributed by atoms with Gasteiger partial charge in [0, 0.05) is 12.2 Å². The highest BCUT2D eigenvalue weighted by Gasteiger charge is 2.20. The lowest BCUT2D eigenvalue weighted by molar-refractivity contribution is -0.150. The van der Waals surface area contributed by atoms with E-state index in [0.29, 0.717) is 0 Å². The molecule has 0 aromatic carbocycles. The van der Waals surface area contributed by atoms with Gasteiger partial charge in [-0.3, -0.25) is 0 Å². The number of aliphatic carboxylic acids is 1. The van der Waals surface area contributed by atoms with Gasteiger partial charge in [-0.25, -0.2) is 14.4 Å². The summed E-state index contributed by atoms with van der Waals surface area (Å²) in [5.74, 6) is -2.21. The van der Waals surface area contributed by atoms with Crippen molar-refractivity contribution in [2.75, 3.05) is 0 Å². The Labute approximate surface area is 80.0 Å². The average molecular weight is 196 g/mol. The molecule has 1 aliphatic heterocycles. The van der Waals surface area contributed by atoms with E-state index in [1.807, 2.05) is 0 Å². The molecule has 0 fully saturated rings. The van der Waals surface area contributed by atoms with Crippen LogP contribution in [0.25, 0.3) is 0 Å². The van der Waals surface area contributed by atoms with Crippen LogP contribution in [0.3, 0.4) is 0 Å². The van der Waals surface area contributed by atoms with E-state index >= 15 is 0 Å². The molecule has 1 heterocycles. The van der Waals surface area contributed by atoms with Crippen LogP contribution in [-0.2, 0) is 19.1 Å². The summed E-state index contributed by atoms with van der Waals surface area (Å²) in [4.78, 5) is 29.9. The van der Waals surface area contributed by atoms with Gasteiger partial charge in [0.05, 0.1) is 5.57 Å². The maximum atomic E-state index is 10.4. The molecule has 0 radical (unpaired) electrons. The van der Waals surface area contributed by atoms with E-state index in [1.54, 1.807) is 0 Å². The third kappa shape index (κ3) is 4.01. The molecule has 0 aromatic rings. The van der Waals surface area contributed by atoms with Crippen LogP contribution in [0.5, 0.6) is 0 Å². The average Bonchev–Trinajstić information content (AvgIpc) is 2.45. The molecule has 0 spiro atoms. The number of carbonyl (C=O) groups is 3. The zero-order valence-electron chi connectivity index (χ0n) is 7.23. The Kier molecular flexibility index (Phi) is 4.62. The van der Waals surface area contributed by atoms with Gasteiger partial charge in [-0.05, 0) is 0 Å². The van der Waals surface area contributed by atoms with Crippen LogP contribution in [0, 0.1) is 0 Å². The predicted molar refractivity (Wildman–Crippen MR) is 47.2 cm³/mol. The zero-order valence-corrected chi connectivity index (χ0v) is 7.23. The quantitative estimate of drug-likeness (QED) is 0.393. The molecule has 0 bridgehead atoms. The molecule has 0 unspecified atom stereocenters. The Balaban J connectivity index is 0.000000292. The minimum absolute atomic E-state index is 0.222. The minimum atomic E-state index is -0.981. The van der Waals surface area contributed by atoms with E-state index in [1.165, 1.54) is 6.08 Å². The lowest BCUT2D eigenvalue weighted by Gasteiger charge is -1.85. The first-order valence-electron chi connectivity index (χ1n) is 3.47. The van der Waals surface area contributed by atoms with Crippen LogP contribution in [0.1, 0.15) is 0 Å². The van der Waals surface area contributed by atoms with Gasteiger partial charge in [-0.15, -0.1) is 0 Å². The Morgan fingerprint density at radius 2 is 1.93 bits per heavy atom. The lowest BCUT2D eigenvalue weighted by atomic mass is 10.3. The van der Waals surface area contributed by atoms with Crippen LogP contribution < -0.4 is 0 Å². The van der Waals surface area contributed by atoms with Crippen LogP contribution in [0.15, 0.2) is 37.0 Å². The highest BCUT2D eigenvalue weighted by atomic mass is 16.6. The van der Waals surface area contributed by atoms with Gasteiger partial charge < -0.3 is 9.84 Å². The molecule has 14 heavy (non-hydrogen) atoms. The summed E-state index contributed by atoms with van der Waals surface area (Å²) in [6, 6.07) is 0. The predicted octanol–water partition coefficient (Wildman–Crippen LogP) is 0.439. The molecule has 0 atom stereocenters. The van der Waals surface area contributed by atoms with E-state index in [9.17, 15) is 14.4 Å². The Bertz CT molecular complexity index is 324. The maximum absolute atomic E-state index is 10.4. The second-order valence-corrected chi connectivity index (χ2v) is 2.05. The van der Waals surface area contributed by atoms with Crippen molar-refractivity contribution in [1.82, 2.24) is 0 Å². The van der Waals surface area contributed by atoms with E-state index in [0.717, 1.165) is 12.2 Å². The van der Waals surface area contributed by atoms with Gasteiger partial charge in [-0.1, -0.05) is 19.2 Å². The topological polar surface area (TPSA) is 80.7 Å². The van der Waals surface area contributed by atoms with Crippen molar-refractivity contribution < 1.29 is 24.2 Å². The van der Waals surface area contributed by atoms with Crippen molar-refractivity contribution in [3.8, 4) is 0 Å². The van der Waals surface area contributed by atoms with Crippen molar-refractivity contribution in [1.29, 1.82) is 0 Å². The van der Waals surface area contributed by atoms with Crippen molar-refractivity contribution >= 4 is 17.9 Å². The molecule has 1 rings (SSSR count). The third-order valence-electron chi connectivity index (χ3n) is 1.10. The van der Waals surface area contributed by atoms with Gasteiger partial charge in [0.1, 0.15) is 0 Å². The van der Waals surface area contributed by atoms with E-state index in [2.05, 4.69) is 17.9 Å². The second kappa shape index (κ2) is 5.47. The smallest absolute Gasteiger partial charge is 0.346 e. The highest BCUT2D eigenvalue weighted by molar-refractivity contribution is 6.10. The summed E-state index contributed by atoms with van der Waals surface area (Å²) in [6.07, 6.45) is 3.22. The molecule has 1 N–H and O–H groups in total. The van der Waals surface area contributed by atoms with Crippen molar-refractivity contribution in [2.24, 2.45) is 0 Å². The fourth-order valence-corrected chi connectivity index (χ4v) is 0.508. The molecule has 5 nitrogen and oxygen atoms in total. The molecule has 74 valence electrons. The maximum Gasteiger partial charge on any atom is 0.346 e. The SMILES string of the molecule is C=CC(=O)O.C=CC1=CC(=O)OC1=O. The van der Waals surface area contributed by atoms with Crippen molar-refractivity contribution in [3.63, 3.8) is 0 Å². The zero-order chi connectivity index (χ0) is 11.1. The summed E-state index contributed by atoms with van der Waals surface area (Å²) in [7, 11) is 0. The molecule has 0 aromatic heterocycles. The Hall–Kier alpha value is -2.17. The fourth-order valence-electron chi connectivity index (χ4n) is 0.508. The minimum Gasteiger partial charge on any atom is -0.478 e. The van der Waals surface area contributed by atoms with E-state index in [-0.39, 0.29) is 5.57 Å². The number of rotatable bonds is 2. The number of hydrogen-bond acceptors (Lipinski definition) is 4. The molecule has 0 saturated heterocycles. The third-order valence-corrected chi connectivity index (χ3v) is 1.10. The molecule has 1 aliphatic rings. The van der Waals surface area contributed by atoms with E-state index in [4.69, 9.17) is 5.11 Å². The van der Waals surface area contributed by atoms with Crippen LogP contribution in [0.2, 0.25) is 0 Å². The summed E-state index contributed by atoms with van der Waals surface area (Å²) in [6.45, 7) is 6.27. The summed E-state index contributed by atoms with van der Waals surface area (Å²) in [5.41, 5.74) is 0.222. The van der Waals surface area contributed by atoms with Crippen molar-refractivity contribution in [2.45, 2.75) is 0 Å². The van der Waals surface area contributed by atoms with Gasteiger partial charge in [0.2, 0.25) is 0 Å². The first kappa shape index (κ1) is 11.8. The van der Waals surface area contributed by atoms with Gasteiger partial charge >= 0.3 is 17.9 Å². The number of carbonyl (C=O) groups excluding carboxylic acids is 2. The monoisotopic (exact) mass is 196 g/mol. The summed E-state index contributed by atoms with van der Waals surface area (Å²) >= 11 is 0. The molecular weight excluding hydrogens is 188 g/mol. The van der Waals surface area contributed by atoms with E-state index < -0.39 is 17.9 Å². The molecule has 5 heteroatoms. The summed E-state index contributed by atoms with van der Waals surface area (Å²) < 4.78 is 4.12. The number of carboxylic acids is 1. The number of esters is 2. The lowest BCUT2D eigenvalue weighted by Crippen LogP contribution is -1.99. The van der Waals surface area contributed by atoms with Crippen LogP contribution in [0.4, 0.5) is 0 Å². The van der Waals surface area contributed by atoms with Crippen LogP contribution in [-0.4, -0.2) is 23.0 Å². The first-order chi connectivity index (χ1) is 6.51. The number of carboxylic acid groups (broad SMARTS) is 1. The van der Waals surface area contributed by atoms with Crippen LogP contribution >= 0.6 is 0 Å². The van der Waals surface area contributed by atoms with Gasteiger partial charge in [0.25, 0.3) is 0 Å². The Morgan fingerprint density at radius 3 is 2.07 bits per heavy atom. The van der Waals surface area contributed by atoms with Crippen molar-refractivity contribution in [3.05, 3.63) is 37.0 Å². The largest absolute Gasteiger partial charge is 0.478 e. The second-order valence-electron chi connectivity index (χ2n) is 2.05. The molecule has 0 saturated carbocycles. The number of ether oxygens (including phenoxy) is 1. The van der Waals surface area contributed by atoms with Gasteiger partial charge in [0.15, 0.2) is 0 Å². The number of cyclic esters (lactones) is 2.